The first-order chi connectivity index (χ1) is 11.7. The zero-order valence-corrected chi connectivity index (χ0v) is 12.6. The van der Waals surface area contributed by atoms with Gasteiger partial charge in [-0.05, 0) is 17.7 Å². The van der Waals surface area contributed by atoms with E-state index in [-0.39, 0.29) is 5.69 Å². The number of hydrogen-bond donors (Lipinski definition) is 2. The van der Waals surface area contributed by atoms with Crippen LogP contribution in [0.1, 0.15) is 16.1 Å². The van der Waals surface area contributed by atoms with Crippen LogP contribution in [0.5, 0.6) is 11.5 Å². The number of nitrogens with zero attached hydrogens (tertiary/aromatic N) is 3. The maximum Gasteiger partial charge on any atom is 0.356 e. The van der Waals surface area contributed by atoms with Crippen LogP contribution in [0.3, 0.4) is 0 Å². The number of imidazole rings is 1. The summed E-state index contributed by atoms with van der Waals surface area (Å²) in [7, 11) is 0. The second-order valence-electron chi connectivity index (χ2n) is 5.27. The molecular weight excluding hydrogens is 312 g/mol. The minimum absolute atomic E-state index is 0.0228. The SMILES string of the molecule is O=C(O)c1cn2ccnc(NCc3ccc4c(c3)OCCO4)c2n1. The van der Waals surface area contributed by atoms with E-state index in [9.17, 15) is 4.79 Å². The van der Waals surface area contributed by atoms with Crippen molar-refractivity contribution in [1.82, 2.24) is 14.4 Å². The van der Waals surface area contributed by atoms with Gasteiger partial charge in [-0.15, -0.1) is 0 Å². The Balaban J connectivity index is 1.57. The number of nitrogens with one attached hydrogen (secondary N) is 1. The van der Waals surface area contributed by atoms with Gasteiger partial charge in [0, 0.05) is 25.1 Å². The largest absolute Gasteiger partial charge is 0.486 e. The van der Waals surface area contributed by atoms with E-state index in [1.54, 1.807) is 16.8 Å². The van der Waals surface area contributed by atoms with Gasteiger partial charge >= 0.3 is 5.97 Å². The number of benzene rings is 1. The maximum atomic E-state index is 11.1. The molecule has 8 nitrogen and oxygen atoms in total. The third-order valence-corrected chi connectivity index (χ3v) is 3.66. The molecule has 122 valence electrons. The summed E-state index contributed by atoms with van der Waals surface area (Å²) in [5, 5.41) is 12.2. The van der Waals surface area contributed by atoms with Crippen LogP contribution in [0.4, 0.5) is 5.82 Å². The van der Waals surface area contributed by atoms with Crippen LogP contribution >= 0.6 is 0 Å². The van der Waals surface area contributed by atoms with E-state index in [0.717, 1.165) is 17.1 Å². The minimum atomic E-state index is -1.07. The highest BCUT2D eigenvalue weighted by Crippen LogP contribution is 2.31. The quantitative estimate of drug-likeness (QED) is 0.754. The lowest BCUT2D eigenvalue weighted by molar-refractivity contribution is 0.0691. The lowest BCUT2D eigenvalue weighted by Gasteiger charge is -2.19. The normalized spacial score (nSPS) is 13.0. The molecule has 24 heavy (non-hydrogen) atoms. The number of carboxylic acid groups (broad SMARTS) is 1. The van der Waals surface area contributed by atoms with E-state index in [0.29, 0.717) is 31.2 Å². The van der Waals surface area contributed by atoms with Gasteiger partial charge in [0.2, 0.25) is 0 Å². The summed E-state index contributed by atoms with van der Waals surface area (Å²) < 4.78 is 12.7. The molecule has 2 N–H and O–H groups in total. The van der Waals surface area contributed by atoms with Gasteiger partial charge in [0.25, 0.3) is 0 Å². The average Bonchev–Trinajstić information content (AvgIpc) is 3.05. The monoisotopic (exact) mass is 326 g/mol. The number of aromatic carboxylic acids is 1. The molecule has 0 radical (unpaired) electrons. The van der Waals surface area contributed by atoms with Crippen LogP contribution in [0, 0.1) is 0 Å². The summed E-state index contributed by atoms with van der Waals surface area (Å²) in [6.45, 7) is 1.59. The van der Waals surface area contributed by atoms with Gasteiger partial charge in [-0.3, -0.25) is 0 Å². The fraction of sp³-hybridized carbons (Fsp3) is 0.188. The van der Waals surface area contributed by atoms with Gasteiger partial charge in [0.05, 0.1) is 0 Å². The lowest BCUT2D eigenvalue weighted by Crippen LogP contribution is -2.15. The van der Waals surface area contributed by atoms with Gasteiger partial charge in [-0.1, -0.05) is 6.07 Å². The molecule has 0 amide bonds. The highest BCUT2D eigenvalue weighted by atomic mass is 16.6. The molecule has 2 aromatic heterocycles. The highest BCUT2D eigenvalue weighted by Gasteiger charge is 2.14. The van der Waals surface area contributed by atoms with Gasteiger partial charge in [-0.2, -0.15) is 0 Å². The van der Waals surface area contributed by atoms with Crippen molar-refractivity contribution in [3.63, 3.8) is 0 Å². The number of aromatic nitrogens is 3. The first-order valence-electron chi connectivity index (χ1n) is 7.40. The summed E-state index contributed by atoms with van der Waals surface area (Å²) >= 11 is 0. The Bertz CT molecular complexity index is 922. The van der Waals surface area contributed by atoms with Crippen molar-refractivity contribution in [2.75, 3.05) is 18.5 Å². The molecule has 3 aromatic rings. The average molecular weight is 326 g/mol. The van der Waals surface area contributed by atoms with E-state index in [2.05, 4.69) is 15.3 Å². The number of hydrogen-bond acceptors (Lipinski definition) is 6. The molecular formula is C16H14N4O4. The Kier molecular flexibility index (Phi) is 3.42. The number of anilines is 1. The minimum Gasteiger partial charge on any atom is -0.486 e. The third-order valence-electron chi connectivity index (χ3n) is 3.66. The fourth-order valence-electron chi connectivity index (χ4n) is 2.53. The molecule has 8 heteroatoms. The summed E-state index contributed by atoms with van der Waals surface area (Å²) in [6, 6.07) is 5.72. The molecule has 0 spiro atoms. The van der Waals surface area contributed by atoms with Gasteiger partial charge in [0.15, 0.2) is 28.7 Å². The molecule has 0 aliphatic carbocycles. The van der Waals surface area contributed by atoms with Crippen LogP contribution in [0.25, 0.3) is 5.65 Å². The first-order valence-corrected chi connectivity index (χ1v) is 7.40. The molecule has 0 unspecified atom stereocenters. The van der Waals surface area contributed by atoms with Crippen LogP contribution in [0.15, 0.2) is 36.8 Å². The molecule has 0 saturated heterocycles. The van der Waals surface area contributed by atoms with Crippen molar-refractivity contribution in [1.29, 1.82) is 0 Å². The molecule has 0 fully saturated rings. The smallest absolute Gasteiger partial charge is 0.356 e. The second kappa shape index (κ2) is 5.73. The summed E-state index contributed by atoms with van der Waals surface area (Å²) in [6.07, 6.45) is 4.70. The zero-order valence-electron chi connectivity index (χ0n) is 12.6. The van der Waals surface area contributed by atoms with E-state index < -0.39 is 5.97 Å². The zero-order chi connectivity index (χ0) is 16.5. The number of ether oxygens (including phenoxy) is 2. The van der Waals surface area contributed by atoms with Crippen LogP contribution in [0.2, 0.25) is 0 Å². The molecule has 0 saturated carbocycles. The Morgan fingerprint density at radius 1 is 1.29 bits per heavy atom. The molecule has 3 heterocycles. The first kappa shape index (κ1) is 14.3. The predicted molar refractivity (Wildman–Crippen MR) is 84.7 cm³/mol. The van der Waals surface area contributed by atoms with Crippen molar-refractivity contribution in [2.24, 2.45) is 0 Å². The van der Waals surface area contributed by atoms with Crippen LogP contribution in [-0.4, -0.2) is 38.7 Å². The van der Waals surface area contributed by atoms with Gasteiger partial charge in [0.1, 0.15) is 13.2 Å². The van der Waals surface area contributed by atoms with Crippen LogP contribution < -0.4 is 14.8 Å². The Morgan fingerprint density at radius 3 is 2.96 bits per heavy atom. The predicted octanol–water partition coefficient (Wildman–Crippen LogP) is 1.81. The van der Waals surface area contributed by atoms with Gasteiger partial charge < -0.3 is 24.3 Å². The summed E-state index contributed by atoms with van der Waals surface area (Å²) in [4.78, 5) is 19.4. The number of carbonyl (C=O) groups is 1. The van der Waals surface area contributed by atoms with E-state index >= 15 is 0 Å². The molecule has 1 aliphatic rings. The molecule has 0 bridgehead atoms. The second-order valence-corrected chi connectivity index (χ2v) is 5.27. The topological polar surface area (TPSA) is 98.0 Å². The molecule has 0 atom stereocenters. The standard InChI is InChI=1S/C16H14N4O4/c21-16(22)11-9-20-4-3-17-14(15(20)19-11)18-8-10-1-2-12-13(7-10)24-6-5-23-12/h1-4,7,9H,5-6,8H2,(H,17,18)(H,21,22). The molecule has 1 aliphatic heterocycles. The number of rotatable bonds is 4. The van der Waals surface area contributed by atoms with Crippen molar-refractivity contribution < 1.29 is 19.4 Å². The number of fused-ring (bicyclic) bond motifs is 2. The Morgan fingerprint density at radius 2 is 2.12 bits per heavy atom. The molecule has 4 rings (SSSR count). The summed E-state index contributed by atoms with van der Waals surface area (Å²) in [5.74, 6) is 0.904. The van der Waals surface area contributed by atoms with Crippen molar-refractivity contribution in [3.05, 3.63) is 48.0 Å². The Labute approximate surface area is 136 Å². The van der Waals surface area contributed by atoms with Crippen molar-refractivity contribution in [2.45, 2.75) is 6.54 Å². The fourth-order valence-corrected chi connectivity index (χ4v) is 2.53. The highest BCUT2D eigenvalue weighted by molar-refractivity contribution is 5.86. The van der Waals surface area contributed by atoms with Crippen molar-refractivity contribution in [3.8, 4) is 11.5 Å². The Hall–Kier alpha value is -3.29. The van der Waals surface area contributed by atoms with E-state index in [1.165, 1.54) is 6.20 Å². The maximum absolute atomic E-state index is 11.1. The lowest BCUT2D eigenvalue weighted by atomic mass is 10.2. The third kappa shape index (κ3) is 2.58. The summed E-state index contributed by atoms with van der Waals surface area (Å²) in [5.41, 5.74) is 1.44. The number of carboxylic acids is 1. The molecule has 1 aromatic carbocycles. The van der Waals surface area contributed by atoms with Crippen molar-refractivity contribution >= 4 is 17.4 Å². The van der Waals surface area contributed by atoms with E-state index in [4.69, 9.17) is 14.6 Å². The van der Waals surface area contributed by atoms with E-state index in [1.807, 2.05) is 18.2 Å². The van der Waals surface area contributed by atoms with Crippen LogP contribution in [-0.2, 0) is 6.54 Å². The van der Waals surface area contributed by atoms with Gasteiger partial charge in [-0.25, -0.2) is 14.8 Å².